The number of aromatic nitrogens is 1. The summed E-state index contributed by atoms with van der Waals surface area (Å²) in [6, 6.07) is 8.50. The van der Waals surface area contributed by atoms with E-state index < -0.39 is 0 Å². The molecule has 5 heteroatoms. The maximum Gasteiger partial charge on any atom is 0.180 e. The first-order valence-electron chi connectivity index (χ1n) is 5.71. The first-order chi connectivity index (χ1) is 8.25. The third-order valence-corrected chi connectivity index (χ3v) is 3.53. The fraction of sp³-hybridized carbons (Fsp3) is 0.308. The highest BCUT2D eigenvalue weighted by atomic mass is 35.5. The number of hydrogen-bond donors (Lipinski definition) is 2. The number of hydrogen-bond acceptors (Lipinski definition) is 4. The Labute approximate surface area is 118 Å². The fourth-order valence-corrected chi connectivity index (χ4v) is 2.38. The molecule has 0 spiro atoms. The van der Waals surface area contributed by atoms with Gasteiger partial charge in [0.15, 0.2) is 5.13 Å². The quantitative estimate of drug-likeness (QED) is 0.830. The zero-order valence-corrected chi connectivity index (χ0v) is 12.0. The lowest BCUT2D eigenvalue weighted by atomic mass is 10.1. The molecule has 0 aliphatic heterocycles. The normalized spacial score (nSPS) is 10.1. The van der Waals surface area contributed by atoms with Crippen LogP contribution in [0.4, 0.5) is 5.13 Å². The minimum Gasteiger partial charge on any atom is -0.375 e. The number of rotatable bonds is 5. The molecule has 1 heterocycles. The van der Waals surface area contributed by atoms with Gasteiger partial charge in [-0.15, -0.1) is 23.7 Å². The molecule has 3 nitrogen and oxygen atoms in total. The van der Waals surface area contributed by atoms with Crippen molar-refractivity contribution in [2.24, 2.45) is 0 Å². The number of anilines is 1. The highest BCUT2D eigenvalue weighted by Gasteiger charge is 1.99. The van der Waals surface area contributed by atoms with E-state index in [2.05, 4.69) is 41.5 Å². The number of nitrogens with zero attached hydrogens (tertiary/aromatic N) is 1. The average Bonchev–Trinajstić information content (AvgIpc) is 2.73. The molecule has 0 saturated carbocycles. The summed E-state index contributed by atoms with van der Waals surface area (Å²) in [5.41, 5.74) is 8.34. The van der Waals surface area contributed by atoms with Crippen LogP contribution in [0.2, 0.25) is 0 Å². The zero-order chi connectivity index (χ0) is 12.1. The molecule has 2 rings (SSSR count). The number of nitrogens with two attached hydrogens (primary N) is 1. The van der Waals surface area contributed by atoms with Gasteiger partial charge >= 0.3 is 0 Å². The van der Waals surface area contributed by atoms with Crippen LogP contribution < -0.4 is 11.1 Å². The number of nitrogen functional groups attached to an aromatic ring is 1. The summed E-state index contributed by atoms with van der Waals surface area (Å²) in [6.45, 7) is 3.97. The maximum absolute atomic E-state index is 5.57. The van der Waals surface area contributed by atoms with Crippen LogP contribution in [0.25, 0.3) is 0 Å². The molecule has 0 saturated heterocycles. The molecule has 18 heavy (non-hydrogen) atoms. The zero-order valence-electron chi connectivity index (χ0n) is 10.3. The molecule has 0 bridgehead atoms. The Bertz CT molecular complexity index is 485. The third-order valence-electron chi connectivity index (χ3n) is 2.70. The summed E-state index contributed by atoms with van der Waals surface area (Å²) in [7, 11) is 0. The number of nitrogens with one attached hydrogen (secondary N) is 1. The van der Waals surface area contributed by atoms with E-state index in [-0.39, 0.29) is 12.4 Å². The van der Waals surface area contributed by atoms with Crippen molar-refractivity contribution >= 4 is 28.9 Å². The first kappa shape index (κ1) is 15.0. The molecule has 0 radical (unpaired) electrons. The van der Waals surface area contributed by atoms with Gasteiger partial charge in [0.2, 0.25) is 0 Å². The van der Waals surface area contributed by atoms with E-state index in [4.69, 9.17) is 5.73 Å². The number of aryl methyl sites for hydroxylation is 1. The van der Waals surface area contributed by atoms with Gasteiger partial charge in [-0.25, -0.2) is 4.98 Å². The SMILES string of the molecule is Cc1ccccc1CCNCc1cnc(N)s1.Cl. The van der Waals surface area contributed by atoms with Crippen molar-refractivity contribution in [2.75, 3.05) is 12.3 Å². The van der Waals surface area contributed by atoms with Gasteiger partial charge in [-0.3, -0.25) is 0 Å². The molecular formula is C13H18ClN3S. The second kappa shape index (κ2) is 7.36. The predicted octanol–water partition coefficient (Wildman–Crippen LogP) is 2.79. The van der Waals surface area contributed by atoms with E-state index in [1.54, 1.807) is 11.3 Å². The van der Waals surface area contributed by atoms with E-state index in [1.807, 2.05) is 6.20 Å². The van der Waals surface area contributed by atoms with Gasteiger partial charge in [0.05, 0.1) is 0 Å². The van der Waals surface area contributed by atoms with Crippen LogP contribution in [0.1, 0.15) is 16.0 Å². The minimum absolute atomic E-state index is 0. The lowest BCUT2D eigenvalue weighted by Crippen LogP contribution is -2.16. The monoisotopic (exact) mass is 283 g/mol. The second-order valence-electron chi connectivity index (χ2n) is 4.02. The van der Waals surface area contributed by atoms with Crippen LogP contribution >= 0.6 is 23.7 Å². The van der Waals surface area contributed by atoms with Gasteiger partial charge in [0, 0.05) is 17.6 Å². The van der Waals surface area contributed by atoms with Crippen molar-refractivity contribution in [2.45, 2.75) is 19.9 Å². The summed E-state index contributed by atoms with van der Waals surface area (Å²) >= 11 is 1.54. The number of halogens is 1. The van der Waals surface area contributed by atoms with Crippen molar-refractivity contribution < 1.29 is 0 Å². The lowest BCUT2D eigenvalue weighted by molar-refractivity contribution is 0.691. The van der Waals surface area contributed by atoms with Crippen LogP contribution in [0.3, 0.4) is 0 Å². The van der Waals surface area contributed by atoms with E-state index in [9.17, 15) is 0 Å². The molecule has 0 unspecified atom stereocenters. The summed E-state index contributed by atoms with van der Waals surface area (Å²) in [5, 5.41) is 4.05. The van der Waals surface area contributed by atoms with Gasteiger partial charge in [0.1, 0.15) is 0 Å². The minimum atomic E-state index is 0. The van der Waals surface area contributed by atoms with Gasteiger partial charge < -0.3 is 11.1 Å². The smallest absolute Gasteiger partial charge is 0.180 e. The molecule has 0 aliphatic carbocycles. The summed E-state index contributed by atoms with van der Waals surface area (Å²) < 4.78 is 0. The molecule has 3 N–H and O–H groups in total. The summed E-state index contributed by atoms with van der Waals surface area (Å²) in [4.78, 5) is 5.21. The van der Waals surface area contributed by atoms with Crippen LogP contribution in [-0.4, -0.2) is 11.5 Å². The average molecular weight is 284 g/mol. The Morgan fingerprint density at radius 2 is 2.11 bits per heavy atom. The molecule has 0 aliphatic rings. The van der Waals surface area contributed by atoms with Crippen molar-refractivity contribution in [3.05, 3.63) is 46.5 Å². The highest BCUT2D eigenvalue weighted by molar-refractivity contribution is 7.15. The molecule has 1 aromatic heterocycles. The Kier molecular flexibility index (Phi) is 6.12. The highest BCUT2D eigenvalue weighted by Crippen LogP contribution is 2.13. The molecule has 98 valence electrons. The molecule has 0 atom stereocenters. The van der Waals surface area contributed by atoms with Crippen molar-refractivity contribution in [3.63, 3.8) is 0 Å². The predicted molar refractivity (Wildman–Crippen MR) is 80.4 cm³/mol. The second-order valence-corrected chi connectivity index (χ2v) is 5.16. The van der Waals surface area contributed by atoms with Gasteiger partial charge in [-0.1, -0.05) is 24.3 Å². The Morgan fingerprint density at radius 1 is 1.33 bits per heavy atom. The van der Waals surface area contributed by atoms with E-state index in [0.29, 0.717) is 5.13 Å². The Hall–Kier alpha value is -1.10. The van der Waals surface area contributed by atoms with Crippen LogP contribution in [-0.2, 0) is 13.0 Å². The van der Waals surface area contributed by atoms with Crippen LogP contribution in [0.5, 0.6) is 0 Å². The lowest BCUT2D eigenvalue weighted by Gasteiger charge is -2.06. The first-order valence-corrected chi connectivity index (χ1v) is 6.53. The van der Waals surface area contributed by atoms with E-state index in [0.717, 1.165) is 19.5 Å². The standard InChI is InChI=1S/C13H17N3S.ClH/c1-10-4-2-3-5-11(10)6-7-15-8-12-9-16-13(14)17-12;/h2-5,9,15H,6-8H2,1H3,(H2,14,16);1H. The van der Waals surface area contributed by atoms with Gasteiger partial charge in [-0.2, -0.15) is 0 Å². The van der Waals surface area contributed by atoms with Crippen molar-refractivity contribution in [3.8, 4) is 0 Å². The van der Waals surface area contributed by atoms with Gasteiger partial charge in [-0.05, 0) is 31.0 Å². The fourth-order valence-electron chi connectivity index (χ4n) is 1.73. The Morgan fingerprint density at radius 3 is 2.78 bits per heavy atom. The van der Waals surface area contributed by atoms with Crippen molar-refractivity contribution in [1.29, 1.82) is 0 Å². The molecule has 0 amide bonds. The van der Waals surface area contributed by atoms with E-state index >= 15 is 0 Å². The molecule has 2 aromatic rings. The summed E-state index contributed by atoms with van der Waals surface area (Å²) in [6.07, 6.45) is 2.89. The topological polar surface area (TPSA) is 50.9 Å². The number of thiazole rings is 1. The molecule has 1 aromatic carbocycles. The third kappa shape index (κ3) is 4.29. The molecular weight excluding hydrogens is 266 g/mol. The largest absolute Gasteiger partial charge is 0.375 e. The van der Waals surface area contributed by atoms with Crippen LogP contribution in [0, 0.1) is 6.92 Å². The Balaban J connectivity index is 0.00000162. The maximum atomic E-state index is 5.57. The molecule has 0 fully saturated rings. The van der Waals surface area contributed by atoms with Crippen LogP contribution in [0.15, 0.2) is 30.5 Å². The van der Waals surface area contributed by atoms with Gasteiger partial charge in [0.25, 0.3) is 0 Å². The van der Waals surface area contributed by atoms with Crippen molar-refractivity contribution in [1.82, 2.24) is 10.3 Å². The number of benzene rings is 1. The summed E-state index contributed by atoms with van der Waals surface area (Å²) in [5.74, 6) is 0. The van der Waals surface area contributed by atoms with E-state index in [1.165, 1.54) is 16.0 Å².